The van der Waals surface area contributed by atoms with Crippen LogP contribution in [-0.4, -0.2) is 29.4 Å². The number of fused-ring (bicyclic) bond motifs is 1. The first-order valence-corrected chi connectivity index (χ1v) is 11.8. The maximum Gasteiger partial charge on any atom is 0.338 e. The molecule has 0 radical (unpaired) electrons. The summed E-state index contributed by atoms with van der Waals surface area (Å²) in [5, 5.41) is 10.6. The van der Waals surface area contributed by atoms with Crippen LogP contribution in [-0.2, 0) is 16.0 Å². The van der Waals surface area contributed by atoms with Gasteiger partial charge in [0.1, 0.15) is 11.5 Å². The van der Waals surface area contributed by atoms with E-state index in [9.17, 15) is 14.7 Å². The topological polar surface area (TPSA) is 90.1 Å². The van der Waals surface area contributed by atoms with Gasteiger partial charge in [-0.2, -0.15) is 0 Å². The summed E-state index contributed by atoms with van der Waals surface area (Å²) in [5.74, 6) is 0.253. The highest BCUT2D eigenvalue weighted by Crippen LogP contribution is 2.31. The Morgan fingerprint density at radius 2 is 2.00 bits per heavy atom. The monoisotopic (exact) mass is 498 g/mol. The minimum absolute atomic E-state index is 0.102. The van der Waals surface area contributed by atoms with Gasteiger partial charge < -0.3 is 14.6 Å². The number of rotatable bonds is 6. The predicted octanol–water partition coefficient (Wildman–Crippen LogP) is 3.36. The van der Waals surface area contributed by atoms with Crippen LogP contribution >= 0.6 is 22.9 Å². The zero-order chi connectivity index (χ0) is 24.4. The van der Waals surface area contributed by atoms with Crippen molar-refractivity contribution < 1.29 is 19.4 Å². The van der Waals surface area contributed by atoms with E-state index in [1.54, 1.807) is 51.3 Å². The van der Waals surface area contributed by atoms with Crippen molar-refractivity contribution in [1.29, 1.82) is 0 Å². The minimum atomic E-state index is -0.692. The third-order valence-electron chi connectivity index (χ3n) is 5.50. The van der Waals surface area contributed by atoms with Crippen molar-refractivity contribution in [2.75, 3.05) is 13.7 Å². The number of hydrogen-bond acceptors (Lipinski definition) is 7. The minimum Gasteiger partial charge on any atom is -0.508 e. The molecule has 0 fully saturated rings. The number of ether oxygens (including phenoxy) is 2. The SMILES string of the molecule is CCOC(=O)C1=C(C)N=c2s/c(=C/Cc3cc(Cl)ccc3O)c(=O)n2C1c1ccc(OC)cc1. The summed E-state index contributed by atoms with van der Waals surface area (Å²) in [4.78, 5) is 31.5. The average Bonchev–Trinajstić information content (AvgIpc) is 3.13. The number of phenols is 1. The maximum absolute atomic E-state index is 13.5. The van der Waals surface area contributed by atoms with Gasteiger partial charge in [0, 0.05) is 5.02 Å². The Balaban J connectivity index is 1.86. The summed E-state index contributed by atoms with van der Waals surface area (Å²) in [6, 6.07) is 11.3. The zero-order valence-electron chi connectivity index (χ0n) is 18.9. The molecule has 0 amide bonds. The molecular formula is C25H23ClN2O5S. The number of allylic oxidation sites excluding steroid dienone is 1. The Morgan fingerprint density at radius 1 is 1.26 bits per heavy atom. The van der Waals surface area contributed by atoms with Gasteiger partial charge in [0.05, 0.1) is 35.6 Å². The molecule has 0 saturated heterocycles. The molecule has 1 aromatic heterocycles. The fourth-order valence-electron chi connectivity index (χ4n) is 3.85. The van der Waals surface area contributed by atoms with E-state index in [0.717, 1.165) is 5.56 Å². The predicted molar refractivity (Wildman–Crippen MR) is 131 cm³/mol. The molecule has 2 aromatic carbocycles. The number of hydrogen-bond donors (Lipinski definition) is 1. The summed E-state index contributed by atoms with van der Waals surface area (Å²) in [6.45, 7) is 3.68. The van der Waals surface area contributed by atoms with Crippen LogP contribution in [0.2, 0.25) is 5.02 Å². The number of phenolic OH excluding ortho intramolecular Hbond substituents is 1. The van der Waals surface area contributed by atoms with E-state index in [1.165, 1.54) is 22.0 Å². The van der Waals surface area contributed by atoms with Crippen molar-refractivity contribution in [3.05, 3.63) is 89.6 Å². The molecule has 1 atom stereocenters. The molecule has 176 valence electrons. The summed E-state index contributed by atoms with van der Waals surface area (Å²) in [7, 11) is 1.57. The Kier molecular flexibility index (Phi) is 6.90. The zero-order valence-corrected chi connectivity index (χ0v) is 20.4. The highest BCUT2D eigenvalue weighted by molar-refractivity contribution is 7.07. The molecular weight excluding hydrogens is 476 g/mol. The van der Waals surface area contributed by atoms with Crippen molar-refractivity contribution in [2.45, 2.75) is 26.3 Å². The van der Waals surface area contributed by atoms with Gasteiger partial charge >= 0.3 is 5.97 Å². The van der Waals surface area contributed by atoms with Gasteiger partial charge in [0.25, 0.3) is 5.56 Å². The number of nitrogens with zero attached hydrogens (tertiary/aromatic N) is 2. The van der Waals surface area contributed by atoms with E-state index in [1.807, 2.05) is 12.1 Å². The van der Waals surface area contributed by atoms with Crippen molar-refractivity contribution in [2.24, 2.45) is 4.99 Å². The Labute approximate surface area is 204 Å². The van der Waals surface area contributed by atoms with Crippen molar-refractivity contribution in [3.8, 4) is 11.5 Å². The fourth-order valence-corrected chi connectivity index (χ4v) is 5.06. The molecule has 34 heavy (non-hydrogen) atoms. The second kappa shape index (κ2) is 9.87. The van der Waals surface area contributed by atoms with Crippen LogP contribution < -0.4 is 19.6 Å². The average molecular weight is 499 g/mol. The number of aromatic nitrogens is 1. The number of esters is 1. The number of aromatic hydroxyl groups is 1. The van der Waals surface area contributed by atoms with E-state index >= 15 is 0 Å². The first-order valence-electron chi connectivity index (χ1n) is 10.6. The van der Waals surface area contributed by atoms with Gasteiger partial charge in [-0.3, -0.25) is 9.36 Å². The largest absolute Gasteiger partial charge is 0.508 e. The highest BCUT2D eigenvalue weighted by atomic mass is 35.5. The molecule has 1 unspecified atom stereocenters. The summed E-state index contributed by atoms with van der Waals surface area (Å²) in [6.07, 6.45) is 2.05. The molecule has 2 heterocycles. The van der Waals surface area contributed by atoms with Gasteiger partial charge in [0.15, 0.2) is 4.80 Å². The number of halogens is 1. The van der Waals surface area contributed by atoms with Gasteiger partial charge in [-0.05, 0) is 61.7 Å². The van der Waals surface area contributed by atoms with E-state index in [-0.39, 0.29) is 17.9 Å². The number of thiazole rings is 1. The summed E-state index contributed by atoms with van der Waals surface area (Å²) >= 11 is 7.28. The maximum atomic E-state index is 13.5. The molecule has 7 nitrogen and oxygen atoms in total. The van der Waals surface area contributed by atoms with Crippen LogP contribution in [0, 0.1) is 0 Å². The summed E-state index contributed by atoms with van der Waals surface area (Å²) < 4.78 is 12.5. The molecule has 1 aliphatic heterocycles. The van der Waals surface area contributed by atoms with Crippen LogP contribution in [0.5, 0.6) is 11.5 Å². The number of benzene rings is 2. The Bertz CT molecular complexity index is 1450. The van der Waals surface area contributed by atoms with Crippen LogP contribution in [0.15, 0.2) is 63.5 Å². The smallest absolute Gasteiger partial charge is 0.338 e. The molecule has 0 saturated carbocycles. The van der Waals surface area contributed by atoms with Gasteiger partial charge in [-0.1, -0.05) is 41.1 Å². The van der Waals surface area contributed by atoms with Crippen molar-refractivity contribution >= 4 is 35.0 Å². The lowest BCUT2D eigenvalue weighted by Crippen LogP contribution is -2.39. The molecule has 4 rings (SSSR count). The van der Waals surface area contributed by atoms with Crippen LogP contribution in [0.4, 0.5) is 0 Å². The van der Waals surface area contributed by atoms with Gasteiger partial charge in [-0.25, -0.2) is 9.79 Å². The van der Waals surface area contributed by atoms with Crippen LogP contribution in [0.1, 0.15) is 31.0 Å². The Hall–Kier alpha value is -3.36. The number of methoxy groups -OCH3 is 1. The van der Waals surface area contributed by atoms with E-state index in [0.29, 0.717) is 43.4 Å². The molecule has 0 aliphatic carbocycles. The normalized spacial score (nSPS) is 15.6. The number of carbonyl (C=O) groups is 1. The lowest BCUT2D eigenvalue weighted by Gasteiger charge is -2.24. The van der Waals surface area contributed by atoms with E-state index < -0.39 is 12.0 Å². The van der Waals surface area contributed by atoms with Crippen LogP contribution in [0.3, 0.4) is 0 Å². The summed E-state index contributed by atoms with van der Waals surface area (Å²) in [5.41, 5.74) is 1.88. The second-order valence-electron chi connectivity index (χ2n) is 7.61. The van der Waals surface area contributed by atoms with Crippen molar-refractivity contribution in [3.63, 3.8) is 0 Å². The lowest BCUT2D eigenvalue weighted by atomic mass is 9.96. The lowest BCUT2D eigenvalue weighted by molar-refractivity contribution is -0.139. The third-order valence-corrected chi connectivity index (χ3v) is 6.76. The van der Waals surface area contributed by atoms with E-state index in [4.69, 9.17) is 21.1 Å². The fraction of sp³-hybridized carbons (Fsp3) is 0.240. The third kappa shape index (κ3) is 4.51. The molecule has 3 aromatic rings. The molecule has 9 heteroatoms. The van der Waals surface area contributed by atoms with Crippen LogP contribution in [0.25, 0.3) is 6.08 Å². The first kappa shape index (κ1) is 23.8. The standard InChI is InChI=1S/C25H23ClN2O5S/c1-4-33-24(31)21-14(2)27-25-28(22(21)15-5-9-18(32-3)10-6-15)23(30)20(34-25)12-7-16-13-17(26)8-11-19(16)29/h5-6,8-13,22,29H,4,7H2,1-3H3/b20-12+. The highest BCUT2D eigenvalue weighted by Gasteiger charge is 2.33. The first-order chi connectivity index (χ1) is 16.3. The van der Waals surface area contributed by atoms with Gasteiger partial charge in [0.2, 0.25) is 0 Å². The van der Waals surface area contributed by atoms with Crippen molar-refractivity contribution in [1.82, 2.24) is 4.57 Å². The molecule has 1 aliphatic rings. The quantitative estimate of drug-likeness (QED) is 0.526. The molecule has 1 N–H and O–H groups in total. The Morgan fingerprint density at radius 3 is 2.68 bits per heavy atom. The van der Waals surface area contributed by atoms with Gasteiger partial charge in [-0.15, -0.1) is 0 Å². The number of carbonyl (C=O) groups excluding carboxylic acids is 1. The molecule has 0 bridgehead atoms. The second-order valence-corrected chi connectivity index (χ2v) is 9.06. The molecule has 0 spiro atoms. The van der Waals surface area contributed by atoms with E-state index in [2.05, 4.69) is 4.99 Å².